The first kappa shape index (κ1) is 15.9. The van der Waals surface area contributed by atoms with Crippen LogP contribution in [0.15, 0.2) is 18.2 Å². The fourth-order valence-electron chi connectivity index (χ4n) is 3.29. The van der Waals surface area contributed by atoms with Crippen LogP contribution in [0.3, 0.4) is 0 Å². The topological polar surface area (TPSA) is 40.5 Å². The van der Waals surface area contributed by atoms with Crippen LogP contribution in [-0.4, -0.2) is 17.6 Å². The Bertz CT molecular complexity index is 476. The van der Waals surface area contributed by atoms with Crippen LogP contribution in [0.25, 0.3) is 0 Å². The number of carbonyl (C=O) groups is 1. The minimum absolute atomic E-state index is 0.193. The molecule has 1 aliphatic carbocycles. The summed E-state index contributed by atoms with van der Waals surface area (Å²) in [6, 6.07) is 5.23. The van der Waals surface area contributed by atoms with Gasteiger partial charge in [-0.2, -0.15) is 0 Å². The van der Waals surface area contributed by atoms with Crippen LogP contribution in [0.4, 0.5) is 5.69 Å². The van der Waals surface area contributed by atoms with Crippen molar-refractivity contribution >= 4 is 11.6 Å². The maximum absolute atomic E-state index is 12.7. The van der Waals surface area contributed by atoms with Crippen molar-refractivity contribution in [1.82, 2.24) is 0 Å². The first-order valence-electron chi connectivity index (χ1n) is 8.21. The first-order chi connectivity index (χ1) is 10.1. The lowest BCUT2D eigenvalue weighted by Gasteiger charge is -2.25. The monoisotopic (exact) mass is 289 g/mol. The summed E-state index contributed by atoms with van der Waals surface area (Å²) in [6.07, 6.45) is 8.15. The fraction of sp³-hybridized carbons (Fsp3) is 0.611. The Morgan fingerprint density at radius 2 is 1.90 bits per heavy atom. The lowest BCUT2D eigenvalue weighted by Crippen LogP contribution is -2.32. The second kappa shape index (κ2) is 7.48. The van der Waals surface area contributed by atoms with Crippen LogP contribution < -0.4 is 4.90 Å². The lowest BCUT2D eigenvalue weighted by atomic mass is 9.95. The summed E-state index contributed by atoms with van der Waals surface area (Å²) < 4.78 is 0. The van der Waals surface area contributed by atoms with Crippen LogP contribution in [0, 0.1) is 12.8 Å². The molecule has 0 saturated heterocycles. The molecule has 1 aromatic rings. The van der Waals surface area contributed by atoms with Crippen molar-refractivity contribution < 1.29 is 9.90 Å². The fourth-order valence-corrected chi connectivity index (χ4v) is 3.29. The van der Waals surface area contributed by atoms with Gasteiger partial charge in [0.1, 0.15) is 5.75 Å². The summed E-state index contributed by atoms with van der Waals surface area (Å²) in [7, 11) is 0. The second-order valence-electron chi connectivity index (χ2n) is 6.17. The Hall–Kier alpha value is -1.51. The van der Waals surface area contributed by atoms with Crippen LogP contribution >= 0.6 is 0 Å². The summed E-state index contributed by atoms with van der Waals surface area (Å²) in [5.74, 6) is 0.945. The molecule has 21 heavy (non-hydrogen) atoms. The number of nitrogens with zero attached hydrogens (tertiary/aromatic N) is 1. The van der Waals surface area contributed by atoms with Crippen molar-refractivity contribution in [3.63, 3.8) is 0 Å². The van der Waals surface area contributed by atoms with E-state index >= 15 is 0 Å². The third-order valence-corrected chi connectivity index (χ3v) is 4.54. The molecule has 0 heterocycles. The Kier molecular flexibility index (Phi) is 5.66. The molecular formula is C18H27NO2. The lowest BCUT2D eigenvalue weighted by molar-refractivity contribution is -0.119. The van der Waals surface area contributed by atoms with E-state index in [2.05, 4.69) is 0 Å². The number of hydrogen-bond acceptors (Lipinski definition) is 2. The molecule has 0 radical (unpaired) electrons. The van der Waals surface area contributed by atoms with Crippen molar-refractivity contribution in [3.8, 4) is 5.75 Å². The maximum atomic E-state index is 12.7. The molecule has 1 fully saturated rings. The molecule has 0 aliphatic heterocycles. The van der Waals surface area contributed by atoms with Crippen molar-refractivity contribution in [2.75, 3.05) is 11.4 Å². The number of phenols is 1. The molecule has 0 atom stereocenters. The molecule has 1 amide bonds. The first-order valence-corrected chi connectivity index (χ1v) is 8.21. The summed E-state index contributed by atoms with van der Waals surface area (Å²) in [5, 5.41) is 9.68. The minimum Gasteiger partial charge on any atom is -0.508 e. The molecule has 3 heteroatoms. The number of amides is 1. The standard InChI is InChI=1S/C18H27NO2/c1-3-19(17-13-16(20)11-10-14(17)2)18(21)12-15-8-6-4-5-7-9-15/h10-11,13,15,20H,3-9,12H2,1-2H3. The number of benzene rings is 1. The molecule has 1 aliphatic rings. The second-order valence-corrected chi connectivity index (χ2v) is 6.17. The van der Waals surface area contributed by atoms with E-state index in [1.165, 1.54) is 38.5 Å². The summed E-state index contributed by atoms with van der Waals surface area (Å²) in [4.78, 5) is 14.5. The van der Waals surface area contributed by atoms with Crippen molar-refractivity contribution in [2.24, 2.45) is 5.92 Å². The van der Waals surface area contributed by atoms with Gasteiger partial charge >= 0.3 is 0 Å². The normalized spacial score (nSPS) is 16.5. The van der Waals surface area contributed by atoms with Crippen LogP contribution in [0.1, 0.15) is 57.4 Å². The minimum atomic E-state index is 0.193. The average molecular weight is 289 g/mol. The molecule has 2 rings (SSSR count). The summed E-state index contributed by atoms with van der Waals surface area (Å²) in [5.41, 5.74) is 1.87. The zero-order valence-electron chi connectivity index (χ0n) is 13.3. The number of aromatic hydroxyl groups is 1. The highest BCUT2D eigenvalue weighted by atomic mass is 16.3. The van der Waals surface area contributed by atoms with Gasteiger partial charge in [0, 0.05) is 19.0 Å². The Labute approximate surface area is 128 Å². The third kappa shape index (κ3) is 4.23. The maximum Gasteiger partial charge on any atom is 0.227 e. The Morgan fingerprint density at radius 3 is 2.52 bits per heavy atom. The molecular weight excluding hydrogens is 262 g/mol. The van der Waals surface area contributed by atoms with Gasteiger partial charge in [-0.15, -0.1) is 0 Å². The van der Waals surface area contributed by atoms with Gasteiger partial charge in [-0.25, -0.2) is 0 Å². The number of aryl methyl sites for hydroxylation is 1. The van der Waals surface area contributed by atoms with Gasteiger partial charge in [0.15, 0.2) is 0 Å². The van der Waals surface area contributed by atoms with Crippen LogP contribution in [0.5, 0.6) is 5.75 Å². The molecule has 0 unspecified atom stereocenters. The molecule has 3 nitrogen and oxygen atoms in total. The predicted molar refractivity (Wildman–Crippen MR) is 86.7 cm³/mol. The average Bonchev–Trinajstić information content (AvgIpc) is 2.72. The van der Waals surface area contributed by atoms with Crippen molar-refractivity contribution in [1.29, 1.82) is 0 Å². The van der Waals surface area contributed by atoms with Gasteiger partial charge in [-0.3, -0.25) is 4.79 Å². The molecule has 116 valence electrons. The number of anilines is 1. The molecule has 0 aromatic heterocycles. The number of rotatable bonds is 4. The molecule has 0 bridgehead atoms. The Balaban J connectivity index is 2.08. The van der Waals surface area contributed by atoms with Crippen molar-refractivity contribution in [3.05, 3.63) is 23.8 Å². The van der Waals surface area contributed by atoms with E-state index in [0.29, 0.717) is 18.9 Å². The molecule has 0 spiro atoms. The highest BCUT2D eigenvalue weighted by Crippen LogP contribution is 2.29. The molecule has 1 N–H and O–H groups in total. The van der Waals surface area contributed by atoms with Crippen LogP contribution in [0.2, 0.25) is 0 Å². The quantitative estimate of drug-likeness (QED) is 0.834. The van der Waals surface area contributed by atoms with E-state index in [0.717, 1.165) is 11.3 Å². The van der Waals surface area contributed by atoms with Gasteiger partial charge < -0.3 is 10.0 Å². The van der Waals surface area contributed by atoms with E-state index in [1.807, 2.05) is 24.8 Å². The third-order valence-electron chi connectivity index (χ3n) is 4.54. The van der Waals surface area contributed by atoms with E-state index in [-0.39, 0.29) is 11.7 Å². The van der Waals surface area contributed by atoms with Crippen LogP contribution in [-0.2, 0) is 4.79 Å². The predicted octanol–water partition coefficient (Wildman–Crippen LogP) is 4.41. The van der Waals surface area contributed by atoms with E-state index in [1.54, 1.807) is 12.1 Å². The Morgan fingerprint density at radius 1 is 1.24 bits per heavy atom. The van der Waals surface area contributed by atoms with Crippen molar-refractivity contribution in [2.45, 2.75) is 58.8 Å². The smallest absolute Gasteiger partial charge is 0.227 e. The van der Waals surface area contributed by atoms with Gasteiger partial charge in [-0.05, 0) is 44.2 Å². The SMILES string of the molecule is CCN(C(=O)CC1CCCCCC1)c1cc(O)ccc1C. The molecule has 1 saturated carbocycles. The van der Waals surface area contributed by atoms with E-state index in [4.69, 9.17) is 0 Å². The summed E-state index contributed by atoms with van der Waals surface area (Å²) in [6.45, 7) is 4.63. The number of phenolic OH excluding ortho intramolecular Hbond substituents is 1. The van der Waals surface area contributed by atoms with Gasteiger partial charge in [0.05, 0.1) is 5.69 Å². The highest BCUT2D eigenvalue weighted by Gasteiger charge is 2.21. The van der Waals surface area contributed by atoms with Gasteiger partial charge in [-0.1, -0.05) is 31.7 Å². The number of carbonyl (C=O) groups excluding carboxylic acids is 1. The van der Waals surface area contributed by atoms with E-state index < -0.39 is 0 Å². The van der Waals surface area contributed by atoms with Gasteiger partial charge in [0.2, 0.25) is 5.91 Å². The largest absolute Gasteiger partial charge is 0.508 e. The van der Waals surface area contributed by atoms with E-state index in [9.17, 15) is 9.90 Å². The number of hydrogen-bond donors (Lipinski definition) is 1. The summed E-state index contributed by atoms with van der Waals surface area (Å²) >= 11 is 0. The molecule has 1 aromatic carbocycles. The zero-order chi connectivity index (χ0) is 15.2. The zero-order valence-corrected chi connectivity index (χ0v) is 13.3. The van der Waals surface area contributed by atoms with Gasteiger partial charge in [0.25, 0.3) is 0 Å². The highest BCUT2D eigenvalue weighted by molar-refractivity contribution is 5.94.